The highest BCUT2D eigenvalue weighted by molar-refractivity contribution is 5.27. The number of nitrogens with two attached hydrogens (primary N) is 1. The first-order valence-corrected chi connectivity index (χ1v) is 4.22. The third kappa shape index (κ3) is 2.05. The van der Waals surface area contributed by atoms with Crippen LogP contribution in [0.25, 0.3) is 0 Å². The molecule has 0 amide bonds. The van der Waals surface area contributed by atoms with E-state index in [9.17, 15) is 9.50 Å². The maximum absolute atomic E-state index is 13.4. The standard InChI is InChI=1S/C10H14FNO/c1-6-4-3-5-8(9(6)11)10(13)7(2)12/h3-5,7,10,13H,12H2,1-2H3. The van der Waals surface area contributed by atoms with E-state index in [4.69, 9.17) is 5.73 Å². The molecule has 0 spiro atoms. The van der Waals surface area contributed by atoms with Crippen LogP contribution in [0.4, 0.5) is 4.39 Å². The Hall–Kier alpha value is -0.930. The zero-order chi connectivity index (χ0) is 10.0. The van der Waals surface area contributed by atoms with Crippen molar-refractivity contribution in [3.8, 4) is 0 Å². The van der Waals surface area contributed by atoms with Gasteiger partial charge >= 0.3 is 0 Å². The lowest BCUT2D eigenvalue weighted by Gasteiger charge is -2.16. The van der Waals surface area contributed by atoms with Crippen LogP contribution in [-0.2, 0) is 0 Å². The molecule has 2 atom stereocenters. The first-order chi connectivity index (χ1) is 6.04. The number of aryl methyl sites for hydroxylation is 1. The van der Waals surface area contributed by atoms with E-state index in [1.807, 2.05) is 0 Å². The number of hydrogen-bond acceptors (Lipinski definition) is 2. The Morgan fingerprint density at radius 2 is 2.08 bits per heavy atom. The van der Waals surface area contributed by atoms with Crippen LogP contribution in [0.15, 0.2) is 18.2 Å². The summed E-state index contributed by atoms with van der Waals surface area (Å²) < 4.78 is 13.4. The van der Waals surface area contributed by atoms with Gasteiger partial charge in [0, 0.05) is 11.6 Å². The minimum Gasteiger partial charge on any atom is -0.387 e. The molecule has 0 saturated heterocycles. The molecule has 2 unspecified atom stereocenters. The zero-order valence-electron chi connectivity index (χ0n) is 7.79. The molecule has 3 heteroatoms. The summed E-state index contributed by atoms with van der Waals surface area (Å²) in [6.07, 6.45) is -0.931. The van der Waals surface area contributed by atoms with Crippen LogP contribution in [0.2, 0.25) is 0 Å². The fourth-order valence-electron chi connectivity index (χ4n) is 1.18. The fourth-order valence-corrected chi connectivity index (χ4v) is 1.18. The maximum atomic E-state index is 13.4. The quantitative estimate of drug-likeness (QED) is 0.730. The molecule has 0 aromatic heterocycles. The van der Waals surface area contributed by atoms with E-state index in [2.05, 4.69) is 0 Å². The lowest BCUT2D eigenvalue weighted by molar-refractivity contribution is 0.149. The van der Waals surface area contributed by atoms with Crippen LogP contribution in [-0.4, -0.2) is 11.1 Å². The van der Waals surface area contributed by atoms with E-state index >= 15 is 0 Å². The summed E-state index contributed by atoms with van der Waals surface area (Å²) in [7, 11) is 0. The Bertz CT molecular complexity index is 299. The van der Waals surface area contributed by atoms with Gasteiger partial charge in [0.25, 0.3) is 0 Å². The zero-order valence-corrected chi connectivity index (χ0v) is 7.79. The van der Waals surface area contributed by atoms with Crippen molar-refractivity contribution in [3.05, 3.63) is 35.1 Å². The van der Waals surface area contributed by atoms with Crippen molar-refractivity contribution in [2.24, 2.45) is 5.73 Å². The summed E-state index contributed by atoms with van der Waals surface area (Å²) in [6.45, 7) is 3.30. The highest BCUT2D eigenvalue weighted by atomic mass is 19.1. The lowest BCUT2D eigenvalue weighted by atomic mass is 10.0. The number of halogens is 1. The van der Waals surface area contributed by atoms with Crippen molar-refractivity contribution in [3.63, 3.8) is 0 Å². The number of hydrogen-bond donors (Lipinski definition) is 2. The SMILES string of the molecule is Cc1cccc(C(O)C(C)N)c1F. The second-order valence-electron chi connectivity index (χ2n) is 3.28. The Labute approximate surface area is 77.2 Å². The Kier molecular flexibility index (Phi) is 3.01. The van der Waals surface area contributed by atoms with E-state index in [1.165, 1.54) is 0 Å². The average molecular weight is 183 g/mol. The van der Waals surface area contributed by atoms with Gasteiger partial charge in [0.1, 0.15) is 5.82 Å². The summed E-state index contributed by atoms with van der Waals surface area (Å²) in [5, 5.41) is 9.54. The Balaban J connectivity index is 3.07. The molecular formula is C10H14FNO. The predicted octanol–water partition coefficient (Wildman–Crippen LogP) is 1.51. The molecule has 1 aromatic carbocycles. The maximum Gasteiger partial charge on any atom is 0.131 e. The number of aliphatic hydroxyl groups excluding tert-OH is 1. The molecule has 0 fully saturated rings. The van der Waals surface area contributed by atoms with Crippen LogP contribution in [0.3, 0.4) is 0 Å². The molecule has 0 aliphatic carbocycles. The second-order valence-corrected chi connectivity index (χ2v) is 3.28. The summed E-state index contributed by atoms with van der Waals surface area (Å²) in [4.78, 5) is 0. The summed E-state index contributed by atoms with van der Waals surface area (Å²) >= 11 is 0. The van der Waals surface area contributed by atoms with Crippen LogP contribution in [0, 0.1) is 12.7 Å². The van der Waals surface area contributed by atoms with Gasteiger partial charge in [-0.05, 0) is 19.4 Å². The van der Waals surface area contributed by atoms with Crippen molar-refractivity contribution in [2.45, 2.75) is 26.0 Å². The minimum atomic E-state index is -0.931. The van der Waals surface area contributed by atoms with Crippen molar-refractivity contribution in [1.29, 1.82) is 0 Å². The smallest absolute Gasteiger partial charge is 0.131 e. The van der Waals surface area contributed by atoms with Gasteiger partial charge in [0.2, 0.25) is 0 Å². The monoisotopic (exact) mass is 183 g/mol. The average Bonchev–Trinajstić information content (AvgIpc) is 2.08. The second kappa shape index (κ2) is 3.85. The van der Waals surface area contributed by atoms with E-state index in [0.717, 1.165) is 0 Å². The van der Waals surface area contributed by atoms with Crippen LogP contribution in [0.5, 0.6) is 0 Å². The Morgan fingerprint density at radius 1 is 1.46 bits per heavy atom. The molecule has 3 N–H and O–H groups in total. The molecule has 72 valence electrons. The normalized spacial score (nSPS) is 15.5. The van der Waals surface area contributed by atoms with Crippen LogP contribution >= 0.6 is 0 Å². The topological polar surface area (TPSA) is 46.2 Å². The van der Waals surface area contributed by atoms with Gasteiger partial charge in [-0.25, -0.2) is 4.39 Å². The van der Waals surface area contributed by atoms with Crippen LogP contribution in [0.1, 0.15) is 24.2 Å². The summed E-state index contributed by atoms with van der Waals surface area (Å²) in [5.41, 5.74) is 6.27. The highest BCUT2D eigenvalue weighted by Crippen LogP contribution is 2.21. The van der Waals surface area contributed by atoms with Crippen molar-refractivity contribution in [2.75, 3.05) is 0 Å². The van der Waals surface area contributed by atoms with Gasteiger partial charge in [-0.1, -0.05) is 18.2 Å². The van der Waals surface area contributed by atoms with Gasteiger partial charge in [-0.15, -0.1) is 0 Å². The minimum absolute atomic E-state index is 0.273. The van der Waals surface area contributed by atoms with E-state index in [1.54, 1.807) is 32.0 Å². The molecule has 0 heterocycles. The van der Waals surface area contributed by atoms with Gasteiger partial charge in [-0.3, -0.25) is 0 Å². The van der Waals surface area contributed by atoms with E-state index in [-0.39, 0.29) is 11.4 Å². The predicted molar refractivity (Wildman–Crippen MR) is 49.7 cm³/mol. The van der Waals surface area contributed by atoms with Gasteiger partial charge in [-0.2, -0.15) is 0 Å². The van der Waals surface area contributed by atoms with Gasteiger partial charge < -0.3 is 10.8 Å². The van der Waals surface area contributed by atoms with Crippen molar-refractivity contribution >= 4 is 0 Å². The first-order valence-electron chi connectivity index (χ1n) is 4.22. The third-order valence-electron chi connectivity index (χ3n) is 2.04. The molecule has 0 radical (unpaired) electrons. The summed E-state index contributed by atoms with van der Waals surface area (Å²) in [6, 6.07) is 4.46. The van der Waals surface area contributed by atoms with E-state index < -0.39 is 12.1 Å². The molecular weight excluding hydrogens is 169 g/mol. The first kappa shape index (κ1) is 10.2. The molecule has 1 rings (SSSR count). The third-order valence-corrected chi connectivity index (χ3v) is 2.04. The number of aliphatic hydroxyl groups is 1. The molecule has 0 aliphatic rings. The largest absolute Gasteiger partial charge is 0.387 e. The fraction of sp³-hybridized carbons (Fsp3) is 0.400. The Morgan fingerprint density at radius 3 is 2.62 bits per heavy atom. The molecule has 0 aliphatic heterocycles. The van der Waals surface area contributed by atoms with Crippen molar-refractivity contribution in [1.82, 2.24) is 0 Å². The molecule has 2 nitrogen and oxygen atoms in total. The highest BCUT2D eigenvalue weighted by Gasteiger charge is 2.17. The summed E-state index contributed by atoms with van der Waals surface area (Å²) in [5.74, 6) is -0.368. The molecule has 0 bridgehead atoms. The van der Waals surface area contributed by atoms with Gasteiger partial charge in [0.05, 0.1) is 6.10 Å². The van der Waals surface area contributed by atoms with Gasteiger partial charge in [0.15, 0.2) is 0 Å². The van der Waals surface area contributed by atoms with E-state index in [0.29, 0.717) is 5.56 Å². The number of rotatable bonds is 2. The molecule has 1 aromatic rings. The lowest BCUT2D eigenvalue weighted by Crippen LogP contribution is -2.25. The molecule has 0 saturated carbocycles. The van der Waals surface area contributed by atoms with Crippen molar-refractivity contribution < 1.29 is 9.50 Å². The van der Waals surface area contributed by atoms with Crippen LogP contribution < -0.4 is 5.73 Å². The number of benzene rings is 1. The molecule has 13 heavy (non-hydrogen) atoms.